The van der Waals surface area contributed by atoms with Crippen molar-refractivity contribution in [1.29, 1.82) is 5.41 Å². The zero-order chi connectivity index (χ0) is 28.0. The zero-order valence-corrected chi connectivity index (χ0v) is 22.6. The number of esters is 1. The highest BCUT2D eigenvalue weighted by Gasteiger charge is 2.54. The summed E-state index contributed by atoms with van der Waals surface area (Å²) in [5.41, 5.74) is 6.77. The molecule has 0 radical (unpaired) electrons. The van der Waals surface area contributed by atoms with Gasteiger partial charge in [-0.05, 0) is 60.7 Å². The molecule has 8 heteroatoms. The lowest BCUT2D eigenvalue weighted by Crippen LogP contribution is -2.44. The number of ether oxygens (including phenoxy) is 1. The van der Waals surface area contributed by atoms with Crippen molar-refractivity contribution in [3.05, 3.63) is 83.4 Å². The monoisotopic (exact) mass is 528 g/mol. The summed E-state index contributed by atoms with van der Waals surface area (Å²) in [6, 6.07) is 20.5. The standard InChI is InChI=1S/C31H36N4O4/c1-3-39-27(36)13-9-4-5-10-18-35-30(38)34(29(37)31(35,2)26-11-7-6-8-12-26)21-22-14-15-23-16-17-24(28(32)33)20-25(23)19-22/h6-8,11-12,14-17,19-20H,3-5,9-10,13,18,21H2,1-2H3,(H3,32,33). The molecule has 204 valence electrons. The van der Waals surface area contributed by atoms with Gasteiger partial charge in [-0.25, -0.2) is 4.79 Å². The first-order valence-electron chi connectivity index (χ1n) is 13.5. The number of hydrogen-bond acceptors (Lipinski definition) is 5. The SMILES string of the molecule is CCOC(=O)CCCCCCN1C(=O)N(Cc2ccc3ccc(C(=N)N)cc3c2)C(=O)C1(C)c1ccccc1. The second-order valence-electron chi connectivity index (χ2n) is 10.0. The summed E-state index contributed by atoms with van der Waals surface area (Å²) in [5, 5.41) is 9.61. The van der Waals surface area contributed by atoms with E-state index < -0.39 is 5.54 Å². The summed E-state index contributed by atoms with van der Waals surface area (Å²) in [4.78, 5) is 42.2. The maximum atomic E-state index is 13.9. The van der Waals surface area contributed by atoms with E-state index in [9.17, 15) is 14.4 Å². The van der Waals surface area contributed by atoms with Crippen molar-refractivity contribution in [2.24, 2.45) is 5.73 Å². The average Bonchev–Trinajstić information content (AvgIpc) is 3.11. The van der Waals surface area contributed by atoms with Crippen molar-refractivity contribution >= 4 is 34.5 Å². The smallest absolute Gasteiger partial charge is 0.328 e. The minimum Gasteiger partial charge on any atom is -0.466 e. The number of nitrogens with one attached hydrogen (secondary N) is 1. The largest absolute Gasteiger partial charge is 0.466 e. The third-order valence-corrected chi connectivity index (χ3v) is 7.37. The Labute approximate surface area is 229 Å². The number of imide groups is 1. The van der Waals surface area contributed by atoms with Crippen LogP contribution in [0.25, 0.3) is 10.8 Å². The molecule has 1 unspecified atom stereocenters. The normalized spacial score (nSPS) is 17.2. The summed E-state index contributed by atoms with van der Waals surface area (Å²) in [6.45, 7) is 4.59. The third-order valence-electron chi connectivity index (χ3n) is 7.37. The first-order valence-corrected chi connectivity index (χ1v) is 13.5. The van der Waals surface area contributed by atoms with Crippen molar-refractivity contribution < 1.29 is 19.1 Å². The molecule has 3 N–H and O–H groups in total. The van der Waals surface area contributed by atoms with Gasteiger partial charge in [0.1, 0.15) is 11.4 Å². The van der Waals surface area contributed by atoms with Crippen LogP contribution in [0, 0.1) is 5.41 Å². The Kier molecular flexibility index (Phi) is 8.64. The molecule has 0 saturated carbocycles. The number of benzene rings is 3. The number of nitrogen functional groups attached to an aromatic ring is 1. The number of nitrogens with zero attached hydrogens (tertiary/aromatic N) is 2. The van der Waals surface area contributed by atoms with Crippen molar-refractivity contribution in [3.8, 4) is 0 Å². The Morgan fingerprint density at radius 1 is 0.949 bits per heavy atom. The van der Waals surface area contributed by atoms with Gasteiger partial charge in [0.05, 0.1) is 13.2 Å². The second kappa shape index (κ2) is 12.1. The summed E-state index contributed by atoms with van der Waals surface area (Å²) in [7, 11) is 0. The fourth-order valence-electron chi connectivity index (χ4n) is 5.17. The van der Waals surface area contributed by atoms with E-state index in [4.69, 9.17) is 15.9 Å². The topological polar surface area (TPSA) is 117 Å². The Bertz CT molecular complexity index is 1370. The van der Waals surface area contributed by atoms with E-state index in [1.54, 1.807) is 17.9 Å². The van der Waals surface area contributed by atoms with Crippen molar-refractivity contribution in [2.45, 2.75) is 58.0 Å². The van der Waals surface area contributed by atoms with Gasteiger partial charge < -0.3 is 15.4 Å². The zero-order valence-electron chi connectivity index (χ0n) is 22.6. The lowest BCUT2D eigenvalue weighted by atomic mass is 9.90. The number of rotatable bonds is 12. The summed E-state index contributed by atoms with van der Waals surface area (Å²) < 4.78 is 4.98. The van der Waals surface area contributed by atoms with Crippen LogP contribution in [-0.4, -0.2) is 46.7 Å². The highest BCUT2D eigenvalue weighted by Crippen LogP contribution is 2.38. The van der Waals surface area contributed by atoms with Gasteiger partial charge >= 0.3 is 12.0 Å². The van der Waals surface area contributed by atoms with E-state index in [1.807, 2.05) is 67.6 Å². The van der Waals surface area contributed by atoms with Crippen LogP contribution in [0.4, 0.5) is 4.79 Å². The van der Waals surface area contributed by atoms with Gasteiger partial charge in [-0.1, -0.05) is 67.4 Å². The van der Waals surface area contributed by atoms with Gasteiger partial charge in [0, 0.05) is 18.5 Å². The quantitative estimate of drug-likeness (QED) is 0.109. The first kappa shape index (κ1) is 27.8. The number of hydrogen-bond donors (Lipinski definition) is 2. The molecule has 0 aromatic heterocycles. The highest BCUT2D eigenvalue weighted by molar-refractivity contribution is 6.07. The number of amides is 3. The fourth-order valence-corrected chi connectivity index (χ4v) is 5.17. The van der Waals surface area contributed by atoms with Crippen LogP contribution in [0.1, 0.15) is 62.6 Å². The maximum Gasteiger partial charge on any atom is 0.328 e. The van der Waals surface area contributed by atoms with Crippen LogP contribution < -0.4 is 5.73 Å². The van der Waals surface area contributed by atoms with Gasteiger partial charge in [0.25, 0.3) is 5.91 Å². The molecule has 4 rings (SSSR count). The molecule has 8 nitrogen and oxygen atoms in total. The molecule has 3 amide bonds. The average molecular weight is 529 g/mol. The second-order valence-corrected chi connectivity index (χ2v) is 10.0. The van der Waals surface area contributed by atoms with Crippen LogP contribution in [0.15, 0.2) is 66.7 Å². The van der Waals surface area contributed by atoms with E-state index >= 15 is 0 Å². The molecule has 1 aliphatic heterocycles. The molecule has 0 bridgehead atoms. The van der Waals surface area contributed by atoms with Crippen molar-refractivity contribution in [2.75, 3.05) is 13.2 Å². The van der Waals surface area contributed by atoms with E-state index in [0.29, 0.717) is 25.1 Å². The molecule has 0 spiro atoms. The Morgan fingerprint density at radius 3 is 2.38 bits per heavy atom. The molecule has 3 aromatic carbocycles. The van der Waals surface area contributed by atoms with Crippen LogP contribution in [0.2, 0.25) is 0 Å². The number of fused-ring (bicyclic) bond motifs is 1. The lowest BCUT2D eigenvalue weighted by Gasteiger charge is -2.32. The van der Waals surface area contributed by atoms with E-state index in [1.165, 1.54) is 4.90 Å². The number of unbranched alkanes of at least 4 members (excludes halogenated alkanes) is 3. The Morgan fingerprint density at radius 2 is 1.67 bits per heavy atom. The van der Waals surface area contributed by atoms with Gasteiger partial charge in [-0.15, -0.1) is 0 Å². The molecule has 1 aliphatic rings. The van der Waals surface area contributed by atoms with Crippen LogP contribution >= 0.6 is 0 Å². The summed E-state index contributed by atoms with van der Waals surface area (Å²) in [5.74, 6) is -0.447. The number of carbonyl (C=O) groups is 3. The predicted octanol–water partition coefficient (Wildman–Crippen LogP) is 5.32. The van der Waals surface area contributed by atoms with Crippen molar-refractivity contribution in [3.63, 3.8) is 0 Å². The molecule has 1 fully saturated rings. The minimum absolute atomic E-state index is 0.0117. The van der Waals surface area contributed by atoms with E-state index in [-0.39, 0.29) is 30.3 Å². The lowest BCUT2D eigenvalue weighted by molar-refractivity contribution is -0.143. The Hall–Kier alpha value is -4.20. The highest BCUT2D eigenvalue weighted by atomic mass is 16.5. The summed E-state index contributed by atoms with van der Waals surface area (Å²) >= 11 is 0. The number of amidine groups is 1. The van der Waals surface area contributed by atoms with Gasteiger partial charge in [0.15, 0.2) is 0 Å². The van der Waals surface area contributed by atoms with Crippen LogP contribution in [0.3, 0.4) is 0 Å². The molecular weight excluding hydrogens is 492 g/mol. The molecular formula is C31H36N4O4. The molecule has 3 aromatic rings. The van der Waals surface area contributed by atoms with E-state index in [0.717, 1.165) is 47.6 Å². The Balaban J connectivity index is 1.52. The number of nitrogens with two attached hydrogens (primary N) is 1. The first-order chi connectivity index (χ1) is 18.8. The van der Waals surface area contributed by atoms with Crippen LogP contribution in [0.5, 0.6) is 0 Å². The van der Waals surface area contributed by atoms with Gasteiger partial charge in [0.2, 0.25) is 0 Å². The summed E-state index contributed by atoms with van der Waals surface area (Å²) in [6.07, 6.45) is 3.54. The fraction of sp³-hybridized carbons (Fsp3) is 0.355. The van der Waals surface area contributed by atoms with Gasteiger partial charge in [-0.2, -0.15) is 0 Å². The van der Waals surface area contributed by atoms with Crippen LogP contribution in [-0.2, 0) is 26.4 Å². The molecule has 0 aliphatic carbocycles. The molecule has 1 saturated heterocycles. The number of carbonyl (C=O) groups excluding carboxylic acids is 3. The maximum absolute atomic E-state index is 13.9. The van der Waals surface area contributed by atoms with E-state index in [2.05, 4.69) is 0 Å². The number of urea groups is 1. The van der Waals surface area contributed by atoms with Crippen molar-refractivity contribution in [1.82, 2.24) is 9.80 Å². The molecule has 39 heavy (non-hydrogen) atoms. The minimum atomic E-state index is -1.11. The molecule has 1 heterocycles. The predicted molar refractivity (Wildman–Crippen MR) is 151 cm³/mol. The molecule has 1 atom stereocenters. The van der Waals surface area contributed by atoms with Gasteiger partial charge in [-0.3, -0.25) is 19.9 Å². The third kappa shape index (κ3) is 5.95.